The van der Waals surface area contributed by atoms with Gasteiger partial charge in [-0.25, -0.2) is 8.78 Å². The van der Waals surface area contributed by atoms with E-state index in [-0.39, 0.29) is 30.3 Å². The number of amides is 2. The maximum Gasteiger partial charge on any atom is 0.256 e. The van der Waals surface area contributed by atoms with Gasteiger partial charge in [0.05, 0.1) is 19.2 Å². The molecule has 0 bridgehead atoms. The number of halogens is 2. The van der Waals surface area contributed by atoms with Crippen molar-refractivity contribution in [2.24, 2.45) is 0 Å². The molecule has 3 aliphatic heterocycles. The maximum atomic E-state index is 13.8. The standard InChI is InChI=1S/C20H21F2N3O5/c1-2-12-9-30-15-8-24-7-13(17(26)18(27)16(24)20(29)25(12)15)19(28)23-6-10-3-4-11(21)5-14(10)22/h3-5,7,12,15-16,18,27H,2,6,8-9H2,1H3,(H,23,28). The summed E-state index contributed by atoms with van der Waals surface area (Å²) in [6, 6.07) is 1.70. The number of ether oxygens (including phenoxy) is 1. The van der Waals surface area contributed by atoms with Crippen molar-refractivity contribution in [2.75, 3.05) is 13.2 Å². The fraction of sp³-hybridized carbons (Fsp3) is 0.450. The largest absolute Gasteiger partial charge is 0.382 e. The highest BCUT2D eigenvalue weighted by molar-refractivity contribution is 6.22. The first-order chi connectivity index (χ1) is 14.3. The monoisotopic (exact) mass is 421 g/mol. The van der Waals surface area contributed by atoms with Gasteiger partial charge in [0.2, 0.25) is 5.78 Å². The number of nitrogens with zero attached hydrogens (tertiary/aromatic N) is 2. The highest BCUT2D eigenvalue weighted by atomic mass is 19.1. The molecule has 1 aromatic rings. The van der Waals surface area contributed by atoms with Gasteiger partial charge in [0.1, 0.15) is 35.6 Å². The highest BCUT2D eigenvalue weighted by Crippen LogP contribution is 2.32. The van der Waals surface area contributed by atoms with E-state index < -0.39 is 47.6 Å². The number of benzene rings is 1. The third-order valence-electron chi connectivity index (χ3n) is 5.71. The Balaban J connectivity index is 1.52. The smallest absolute Gasteiger partial charge is 0.256 e. The SMILES string of the molecule is CCC1COC2CN3C=C(C(=O)NCc4ccc(F)cc4F)C(=O)C(O)C3C(=O)N12. The van der Waals surface area contributed by atoms with Crippen molar-refractivity contribution in [1.29, 1.82) is 0 Å². The van der Waals surface area contributed by atoms with E-state index in [0.717, 1.165) is 6.07 Å². The predicted molar refractivity (Wildman–Crippen MR) is 98.5 cm³/mol. The van der Waals surface area contributed by atoms with Gasteiger partial charge < -0.3 is 25.0 Å². The molecule has 30 heavy (non-hydrogen) atoms. The van der Waals surface area contributed by atoms with Crippen LogP contribution in [0.1, 0.15) is 18.9 Å². The lowest BCUT2D eigenvalue weighted by atomic mass is 9.91. The molecule has 3 heterocycles. The van der Waals surface area contributed by atoms with E-state index in [9.17, 15) is 28.3 Å². The number of piperazine rings is 1. The summed E-state index contributed by atoms with van der Waals surface area (Å²) in [5.74, 6) is -3.70. The number of aliphatic hydroxyl groups excluding tert-OH is 1. The van der Waals surface area contributed by atoms with Crippen LogP contribution in [0.4, 0.5) is 8.78 Å². The molecule has 4 unspecified atom stereocenters. The zero-order valence-electron chi connectivity index (χ0n) is 16.2. The lowest BCUT2D eigenvalue weighted by molar-refractivity contribution is -0.162. The Morgan fingerprint density at radius 1 is 1.33 bits per heavy atom. The van der Waals surface area contributed by atoms with Gasteiger partial charge in [0.25, 0.3) is 11.8 Å². The van der Waals surface area contributed by atoms with Crippen LogP contribution in [0.2, 0.25) is 0 Å². The Labute approximate surface area is 171 Å². The van der Waals surface area contributed by atoms with Gasteiger partial charge in [-0.1, -0.05) is 13.0 Å². The van der Waals surface area contributed by atoms with Crippen LogP contribution in [0.25, 0.3) is 0 Å². The summed E-state index contributed by atoms with van der Waals surface area (Å²) in [6.45, 7) is 2.23. The second-order valence-corrected chi connectivity index (χ2v) is 7.51. The zero-order valence-corrected chi connectivity index (χ0v) is 16.2. The molecule has 4 atom stereocenters. The van der Waals surface area contributed by atoms with Crippen LogP contribution in [0, 0.1) is 11.6 Å². The first-order valence-corrected chi connectivity index (χ1v) is 9.67. The van der Waals surface area contributed by atoms with Crippen LogP contribution >= 0.6 is 0 Å². The molecule has 2 amide bonds. The molecule has 2 saturated heterocycles. The van der Waals surface area contributed by atoms with Crippen molar-refractivity contribution in [3.8, 4) is 0 Å². The van der Waals surface area contributed by atoms with Gasteiger partial charge >= 0.3 is 0 Å². The van der Waals surface area contributed by atoms with E-state index in [0.29, 0.717) is 19.1 Å². The van der Waals surface area contributed by atoms with E-state index in [1.807, 2.05) is 6.92 Å². The number of rotatable bonds is 4. The summed E-state index contributed by atoms with van der Waals surface area (Å²) < 4.78 is 32.4. The van der Waals surface area contributed by atoms with Gasteiger partial charge in [-0.05, 0) is 12.5 Å². The Hall–Kier alpha value is -2.85. The average molecular weight is 421 g/mol. The van der Waals surface area contributed by atoms with Crippen LogP contribution in [0.5, 0.6) is 0 Å². The quantitative estimate of drug-likeness (QED) is 0.667. The lowest BCUT2D eigenvalue weighted by Gasteiger charge is -2.46. The van der Waals surface area contributed by atoms with Gasteiger partial charge in [-0.3, -0.25) is 14.4 Å². The Kier molecular flexibility index (Phi) is 5.29. The first kappa shape index (κ1) is 20.4. The number of Topliss-reactive ketones (excluding diaryl/α,β-unsaturated/α-hetero) is 1. The van der Waals surface area contributed by atoms with Gasteiger partial charge in [-0.15, -0.1) is 0 Å². The summed E-state index contributed by atoms with van der Waals surface area (Å²) >= 11 is 0. The maximum absolute atomic E-state index is 13.8. The first-order valence-electron chi connectivity index (χ1n) is 9.67. The summed E-state index contributed by atoms with van der Waals surface area (Å²) in [5.41, 5.74) is -0.298. The molecule has 8 nitrogen and oxygen atoms in total. The third kappa shape index (κ3) is 3.35. The fourth-order valence-electron chi connectivity index (χ4n) is 4.07. The number of aliphatic hydroxyl groups is 1. The molecule has 2 fully saturated rings. The van der Waals surface area contributed by atoms with Gasteiger partial charge in [0, 0.05) is 24.4 Å². The third-order valence-corrected chi connectivity index (χ3v) is 5.71. The summed E-state index contributed by atoms with van der Waals surface area (Å²) in [4.78, 5) is 41.0. The number of carbonyl (C=O) groups excluding carboxylic acids is 3. The predicted octanol–water partition coefficient (Wildman–Crippen LogP) is 0.0562. The number of hydrogen-bond acceptors (Lipinski definition) is 6. The second kappa shape index (κ2) is 7.77. The summed E-state index contributed by atoms with van der Waals surface area (Å²) in [5, 5.41) is 12.9. The number of ketones is 1. The molecule has 0 aromatic heterocycles. The molecule has 160 valence electrons. The molecule has 2 N–H and O–H groups in total. The molecule has 0 radical (unpaired) electrons. The molecule has 1 aromatic carbocycles. The Bertz CT molecular complexity index is 937. The van der Waals surface area contributed by atoms with E-state index in [1.54, 1.807) is 4.90 Å². The van der Waals surface area contributed by atoms with E-state index in [2.05, 4.69) is 5.32 Å². The summed E-state index contributed by atoms with van der Waals surface area (Å²) in [6.07, 6.45) is -0.297. The van der Waals surface area contributed by atoms with Gasteiger partial charge in [0.15, 0.2) is 0 Å². The van der Waals surface area contributed by atoms with E-state index in [4.69, 9.17) is 4.74 Å². The lowest BCUT2D eigenvalue weighted by Crippen LogP contribution is -2.66. The molecule has 0 saturated carbocycles. The number of nitrogens with one attached hydrogen (secondary N) is 1. The van der Waals surface area contributed by atoms with E-state index in [1.165, 1.54) is 17.2 Å². The Morgan fingerprint density at radius 3 is 2.80 bits per heavy atom. The minimum atomic E-state index is -1.70. The highest BCUT2D eigenvalue weighted by Gasteiger charge is 2.52. The number of hydrogen-bond donors (Lipinski definition) is 2. The van der Waals surface area contributed by atoms with Crippen molar-refractivity contribution >= 4 is 17.6 Å². The van der Waals surface area contributed by atoms with Crippen LogP contribution in [0.15, 0.2) is 30.0 Å². The zero-order chi connectivity index (χ0) is 21.6. The summed E-state index contributed by atoms with van der Waals surface area (Å²) in [7, 11) is 0. The molecule has 4 rings (SSSR count). The topological polar surface area (TPSA) is 99.2 Å². The van der Waals surface area contributed by atoms with Crippen LogP contribution in [-0.2, 0) is 25.7 Å². The number of fused-ring (bicyclic) bond motifs is 2. The minimum absolute atomic E-state index is 0.0424. The molecular formula is C20H21F2N3O5. The molecule has 10 heteroatoms. The fourth-order valence-corrected chi connectivity index (χ4v) is 4.07. The average Bonchev–Trinajstić information content (AvgIpc) is 3.13. The van der Waals surface area contributed by atoms with Crippen molar-refractivity contribution in [1.82, 2.24) is 15.1 Å². The normalized spacial score (nSPS) is 28.2. The molecule has 0 spiro atoms. The minimum Gasteiger partial charge on any atom is -0.382 e. The van der Waals surface area contributed by atoms with Crippen molar-refractivity contribution in [3.63, 3.8) is 0 Å². The van der Waals surface area contributed by atoms with Gasteiger partial charge in [-0.2, -0.15) is 0 Å². The number of carbonyl (C=O) groups is 3. The van der Waals surface area contributed by atoms with E-state index >= 15 is 0 Å². The van der Waals surface area contributed by atoms with Crippen molar-refractivity contribution in [3.05, 3.63) is 47.2 Å². The Morgan fingerprint density at radius 2 is 2.10 bits per heavy atom. The molecular weight excluding hydrogens is 400 g/mol. The molecule has 3 aliphatic rings. The van der Waals surface area contributed by atoms with Crippen LogP contribution < -0.4 is 5.32 Å². The second-order valence-electron chi connectivity index (χ2n) is 7.51. The van der Waals surface area contributed by atoms with Crippen molar-refractivity contribution < 1.29 is 33.0 Å². The van der Waals surface area contributed by atoms with Crippen molar-refractivity contribution in [2.45, 2.75) is 44.3 Å². The van der Waals surface area contributed by atoms with Crippen LogP contribution in [-0.4, -0.2) is 70.1 Å². The molecule has 0 aliphatic carbocycles. The van der Waals surface area contributed by atoms with Crippen LogP contribution in [0.3, 0.4) is 0 Å².